The number of ether oxygens (including phenoxy) is 1. The highest BCUT2D eigenvalue weighted by atomic mass is 35.5. The molecule has 0 saturated carbocycles. The molecule has 0 atom stereocenters. The summed E-state index contributed by atoms with van der Waals surface area (Å²) in [6, 6.07) is 14.6. The fourth-order valence-electron chi connectivity index (χ4n) is 1.93. The summed E-state index contributed by atoms with van der Waals surface area (Å²) in [4.78, 5) is 0. The summed E-state index contributed by atoms with van der Waals surface area (Å²) in [6.07, 6.45) is 1.11. The van der Waals surface area contributed by atoms with E-state index in [9.17, 15) is 4.39 Å². The van der Waals surface area contributed by atoms with Gasteiger partial charge in [0.05, 0.1) is 0 Å². The van der Waals surface area contributed by atoms with Crippen LogP contribution in [0, 0.1) is 5.82 Å². The fourth-order valence-corrected chi connectivity index (χ4v) is 1.93. The smallest absolute Gasteiger partial charge is 0.129 e. The Morgan fingerprint density at radius 2 is 1.90 bits per heavy atom. The van der Waals surface area contributed by atoms with Crippen LogP contribution >= 0.6 is 12.4 Å². The van der Waals surface area contributed by atoms with Crippen molar-refractivity contribution < 1.29 is 9.13 Å². The van der Waals surface area contributed by atoms with Crippen LogP contribution in [0.3, 0.4) is 0 Å². The molecule has 2 rings (SSSR count). The standard InChI is InChI=1S/C17H20FNO.ClH/c1-2-10-19-12-14-6-5-8-16(11-14)20-13-15-7-3-4-9-17(15)18;/h3-9,11,19H,2,10,12-13H2,1H3;1H. The van der Waals surface area contributed by atoms with Gasteiger partial charge in [-0.3, -0.25) is 0 Å². The Hall–Kier alpha value is -1.58. The first-order valence-electron chi connectivity index (χ1n) is 6.95. The summed E-state index contributed by atoms with van der Waals surface area (Å²) < 4.78 is 19.1. The quantitative estimate of drug-likeness (QED) is 0.769. The SMILES string of the molecule is CCCNCc1cccc(OCc2ccccc2F)c1.Cl. The number of hydrogen-bond donors (Lipinski definition) is 1. The molecule has 0 spiro atoms. The van der Waals surface area contributed by atoms with Gasteiger partial charge in [0.25, 0.3) is 0 Å². The van der Waals surface area contributed by atoms with Gasteiger partial charge < -0.3 is 10.1 Å². The van der Waals surface area contributed by atoms with Crippen molar-refractivity contribution in [1.29, 1.82) is 0 Å². The van der Waals surface area contributed by atoms with E-state index in [0.717, 1.165) is 25.3 Å². The van der Waals surface area contributed by atoms with E-state index in [1.165, 1.54) is 11.6 Å². The van der Waals surface area contributed by atoms with Crippen LogP contribution in [0.1, 0.15) is 24.5 Å². The van der Waals surface area contributed by atoms with Crippen LogP contribution in [0.2, 0.25) is 0 Å². The van der Waals surface area contributed by atoms with E-state index in [1.807, 2.05) is 24.3 Å². The Bertz CT molecular complexity index is 548. The predicted octanol–water partition coefficient (Wildman–Crippen LogP) is 4.33. The lowest BCUT2D eigenvalue weighted by Gasteiger charge is -2.09. The van der Waals surface area contributed by atoms with Crippen LogP contribution in [0.15, 0.2) is 48.5 Å². The van der Waals surface area contributed by atoms with Crippen LogP contribution in [0.4, 0.5) is 4.39 Å². The Kier molecular flexibility index (Phi) is 7.80. The fraction of sp³-hybridized carbons (Fsp3) is 0.294. The molecule has 21 heavy (non-hydrogen) atoms. The molecule has 0 bridgehead atoms. The van der Waals surface area contributed by atoms with Gasteiger partial charge in [-0.1, -0.05) is 37.3 Å². The van der Waals surface area contributed by atoms with Crippen molar-refractivity contribution in [1.82, 2.24) is 5.32 Å². The molecule has 2 aromatic carbocycles. The van der Waals surface area contributed by atoms with Crippen LogP contribution in [0.25, 0.3) is 0 Å². The van der Waals surface area contributed by atoms with Crippen LogP contribution in [-0.4, -0.2) is 6.54 Å². The third-order valence-electron chi connectivity index (χ3n) is 3.01. The molecule has 0 aliphatic heterocycles. The molecule has 0 radical (unpaired) electrons. The van der Waals surface area contributed by atoms with E-state index >= 15 is 0 Å². The zero-order valence-corrected chi connectivity index (χ0v) is 13.0. The minimum absolute atomic E-state index is 0. The lowest BCUT2D eigenvalue weighted by atomic mass is 10.2. The molecule has 0 fully saturated rings. The van der Waals surface area contributed by atoms with Crippen molar-refractivity contribution >= 4 is 12.4 Å². The van der Waals surface area contributed by atoms with Gasteiger partial charge in [0.15, 0.2) is 0 Å². The number of benzene rings is 2. The number of halogens is 2. The highest BCUT2D eigenvalue weighted by Gasteiger charge is 2.02. The maximum Gasteiger partial charge on any atom is 0.129 e. The number of rotatable bonds is 7. The zero-order chi connectivity index (χ0) is 14.2. The van der Waals surface area contributed by atoms with Gasteiger partial charge in [0.1, 0.15) is 18.2 Å². The second kappa shape index (κ2) is 9.37. The first-order chi connectivity index (χ1) is 9.79. The normalized spacial score (nSPS) is 10.0. The average Bonchev–Trinajstić information content (AvgIpc) is 2.47. The van der Waals surface area contributed by atoms with E-state index in [-0.39, 0.29) is 24.8 Å². The van der Waals surface area contributed by atoms with Crippen LogP contribution < -0.4 is 10.1 Å². The van der Waals surface area contributed by atoms with Gasteiger partial charge in [0.2, 0.25) is 0 Å². The summed E-state index contributed by atoms with van der Waals surface area (Å²) in [5.74, 6) is 0.539. The van der Waals surface area contributed by atoms with Crippen molar-refractivity contribution in [3.8, 4) is 5.75 Å². The molecule has 0 aromatic heterocycles. The molecule has 1 N–H and O–H groups in total. The molecule has 0 aliphatic rings. The van der Waals surface area contributed by atoms with E-state index in [4.69, 9.17) is 4.74 Å². The van der Waals surface area contributed by atoms with Gasteiger partial charge >= 0.3 is 0 Å². The van der Waals surface area contributed by atoms with Crippen LogP contribution in [0.5, 0.6) is 5.75 Å². The number of nitrogens with one attached hydrogen (secondary N) is 1. The Labute approximate surface area is 131 Å². The molecule has 2 nitrogen and oxygen atoms in total. The predicted molar refractivity (Wildman–Crippen MR) is 86.4 cm³/mol. The third kappa shape index (κ3) is 5.74. The molecule has 0 aliphatic carbocycles. The lowest BCUT2D eigenvalue weighted by Crippen LogP contribution is -2.13. The Morgan fingerprint density at radius 3 is 2.67 bits per heavy atom. The van der Waals surface area contributed by atoms with E-state index in [1.54, 1.807) is 12.1 Å². The Morgan fingerprint density at radius 1 is 1.10 bits per heavy atom. The summed E-state index contributed by atoms with van der Waals surface area (Å²) in [5, 5.41) is 3.35. The average molecular weight is 310 g/mol. The van der Waals surface area contributed by atoms with E-state index in [0.29, 0.717) is 5.56 Å². The topological polar surface area (TPSA) is 21.3 Å². The molecular weight excluding hydrogens is 289 g/mol. The maximum atomic E-state index is 13.5. The first kappa shape index (κ1) is 17.5. The summed E-state index contributed by atoms with van der Waals surface area (Å²) in [6.45, 7) is 4.21. The van der Waals surface area contributed by atoms with Gasteiger partial charge in [-0.05, 0) is 36.7 Å². The first-order valence-corrected chi connectivity index (χ1v) is 6.95. The zero-order valence-electron chi connectivity index (χ0n) is 12.1. The van der Waals surface area contributed by atoms with Crippen molar-refractivity contribution in [3.05, 3.63) is 65.5 Å². The van der Waals surface area contributed by atoms with Crippen molar-refractivity contribution in [2.24, 2.45) is 0 Å². The maximum absolute atomic E-state index is 13.5. The molecule has 0 saturated heterocycles. The van der Waals surface area contributed by atoms with Crippen molar-refractivity contribution in [2.75, 3.05) is 6.54 Å². The van der Waals surface area contributed by atoms with Gasteiger partial charge in [0, 0.05) is 12.1 Å². The minimum Gasteiger partial charge on any atom is -0.489 e. The molecule has 114 valence electrons. The molecule has 0 heterocycles. The van der Waals surface area contributed by atoms with Crippen LogP contribution in [-0.2, 0) is 13.2 Å². The van der Waals surface area contributed by atoms with E-state index < -0.39 is 0 Å². The third-order valence-corrected chi connectivity index (χ3v) is 3.01. The van der Waals surface area contributed by atoms with Gasteiger partial charge in [-0.15, -0.1) is 12.4 Å². The largest absolute Gasteiger partial charge is 0.489 e. The Balaban J connectivity index is 0.00000220. The second-order valence-corrected chi connectivity index (χ2v) is 4.70. The van der Waals surface area contributed by atoms with E-state index in [2.05, 4.69) is 18.3 Å². The van der Waals surface area contributed by atoms with Crippen molar-refractivity contribution in [2.45, 2.75) is 26.5 Å². The molecule has 2 aromatic rings. The monoisotopic (exact) mass is 309 g/mol. The summed E-state index contributed by atoms with van der Waals surface area (Å²) in [7, 11) is 0. The van der Waals surface area contributed by atoms with Crippen molar-refractivity contribution in [3.63, 3.8) is 0 Å². The molecular formula is C17H21ClFNO. The number of hydrogen-bond acceptors (Lipinski definition) is 2. The molecule has 0 unspecified atom stereocenters. The lowest BCUT2D eigenvalue weighted by molar-refractivity contribution is 0.299. The summed E-state index contributed by atoms with van der Waals surface area (Å²) in [5.41, 5.74) is 1.74. The molecule has 0 amide bonds. The summed E-state index contributed by atoms with van der Waals surface area (Å²) >= 11 is 0. The highest BCUT2D eigenvalue weighted by molar-refractivity contribution is 5.85. The van der Waals surface area contributed by atoms with Gasteiger partial charge in [-0.2, -0.15) is 0 Å². The second-order valence-electron chi connectivity index (χ2n) is 4.70. The van der Waals surface area contributed by atoms with Gasteiger partial charge in [-0.25, -0.2) is 4.39 Å². The molecule has 4 heteroatoms. The highest BCUT2D eigenvalue weighted by Crippen LogP contribution is 2.16. The minimum atomic E-state index is -0.228.